The van der Waals surface area contributed by atoms with Crippen molar-refractivity contribution in [3.63, 3.8) is 0 Å². The summed E-state index contributed by atoms with van der Waals surface area (Å²) in [6.07, 6.45) is 0. The Hall–Kier alpha value is -3.07. The van der Waals surface area contributed by atoms with Crippen molar-refractivity contribution in [2.45, 2.75) is 50.7 Å². The Kier molecular flexibility index (Phi) is 9.46. The molecule has 0 unspecified atom stereocenters. The van der Waals surface area contributed by atoms with Gasteiger partial charge in [-0.05, 0) is 81.8 Å². The lowest BCUT2D eigenvalue weighted by atomic mass is 10.1. The summed E-state index contributed by atoms with van der Waals surface area (Å²) < 4.78 is 28.4. The van der Waals surface area contributed by atoms with E-state index < -0.39 is 34.1 Å². The molecular weight excluding hydrogens is 545 g/mol. The molecule has 0 aliphatic heterocycles. The first-order valence-electron chi connectivity index (χ1n) is 12.0. The van der Waals surface area contributed by atoms with E-state index in [1.54, 1.807) is 61.5 Å². The standard InChI is InChI=1S/C28H31Cl2N3O4S/c1-20(27(35)31-28(2,3)4)32(18-21-10-12-22(29)13-11-21)26(34)19-33(24-16-14-23(30)15-17-24)38(36,37)25-8-6-5-7-9-25/h5-17,20H,18-19H2,1-4H3,(H,31,35)/t20-/m1/s1. The molecule has 7 nitrogen and oxygen atoms in total. The summed E-state index contributed by atoms with van der Waals surface area (Å²) in [7, 11) is -4.12. The minimum atomic E-state index is -4.12. The number of nitrogens with zero attached hydrogens (tertiary/aromatic N) is 2. The summed E-state index contributed by atoms with van der Waals surface area (Å²) in [6, 6.07) is 20.1. The predicted octanol–water partition coefficient (Wildman–Crippen LogP) is 5.52. The largest absolute Gasteiger partial charge is 0.350 e. The van der Waals surface area contributed by atoms with Crippen LogP contribution in [0.5, 0.6) is 0 Å². The van der Waals surface area contributed by atoms with Crippen LogP contribution in [0.15, 0.2) is 83.8 Å². The zero-order chi connectivity index (χ0) is 28.1. The molecular formula is C28H31Cl2N3O4S. The molecule has 0 saturated carbocycles. The van der Waals surface area contributed by atoms with Crippen molar-refractivity contribution in [2.24, 2.45) is 0 Å². The van der Waals surface area contributed by atoms with Crippen LogP contribution in [0.4, 0.5) is 5.69 Å². The smallest absolute Gasteiger partial charge is 0.264 e. The van der Waals surface area contributed by atoms with Gasteiger partial charge in [0.15, 0.2) is 0 Å². The molecule has 3 aromatic rings. The Morgan fingerprint density at radius 2 is 1.39 bits per heavy atom. The van der Waals surface area contributed by atoms with E-state index in [1.165, 1.54) is 29.2 Å². The van der Waals surface area contributed by atoms with Crippen molar-refractivity contribution in [3.05, 3.63) is 94.5 Å². The Bertz CT molecular complexity index is 1360. The van der Waals surface area contributed by atoms with Gasteiger partial charge in [0, 0.05) is 22.1 Å². The van der Waals surface area contributed by atoms with Gasteiger partial charge >= 0.3 is 0 Å². The minimum absolute atomic E-state index is 0.0329. The Morgan fingerprint density at radius 3 is 1.92 bits per heavy atom. The minimum Gasteiger partial charge on any atom is -0.350 e. The number of carbonyl (C=O) groups is 2. The van der Waals surface area contributed by atoms with Gasteiger partial charge in [-0.15, -0.1) is 0 Å². The van der Waals surface area contributed by atoms with Gasteiger partial charge < -0.3 is 10.2 Å². The van der Waals surface area contributed by atoms with E-state index >= 15 is 0 Å². The first kappa shape index (κ1) is 29.5. The number of benzene rings is 3. The summed E-state index contributed by atoms with van der Waals surface area (Å²) >= 11 is 12.1. The molecule has 38 heavy (non-hydrogen) atoms. The van der Waals surface area contributed by atoms with Crippen molar-refractivity contribution < 1.29 is 18.0 Å². The first-order chi connectivity index (χ1) is 17.8. The van der Waals surface area contributed by atoms with Gasteiger partial charge in [-0.1, -0.05) is 53.5 Å². The zero-order valence-corrected chi connectivity index (χ0v) is 24.0. The molecule has 2 amide bonds. The third-order valence-corrected chi connectivity index (χ3v) is 7.95. The van der Waals surface area contributed by atoms with E-state index in [1.807, 2.05) is 20.8 Å². The highest BCUT2D eigenvalue weighted by atomic mass is 35.5. The highest BCUT2D eigenvalue weighted by molar-refractivity contribution is 7.92. The van der Waals surface area contributed by atoms with Crippen molar-refractivity contribution in [1.82, 2.24) is 10.2 Å². The molecule has 0 aliphatic carbocycles. The lowest BCUT2D eigenvalue weighted by Crippen LogP contribution is -2.54. The van der Waals surface area contributed by atoms with E-state index in [4.69, 9.17) is 23.2 Å². The molecule has 10 heteroatoms. The number of amides is 2. The van der Waals surface area contributed by atoms with Crippen molar-refractivity contribution >= 4 is 50.7 Å². The lowest BCUT2D eigenvalue weighted by Gasteiger charge is -2.33. The fraction of sp³-hybridized carbons (Fsp3) is 0.286. The van der Waals surface area contributed by atoms with Crippen LogP contribution in [-0.4, -0.2) is 43.3 Å². The molecule has 0 aromatic heterocycles. The SMILES string of the molecule is C[C@H](C(=O)NC(C)(C)C)N(Cc1ccc(Cl)cc1)C(=O)CN(c1ccc(Cl)cc1)S(=O)(=O)c1ccccc1. The fourth-order valence-electron chi connectivity index (χ4n) is 3.70. The van der Waals surface area contributed by atoms with E-state index in [-0.39, 0.29) is 23.0 Å². The normalized spacial score (nSPS) is 12.5. The maximum absolute atomic E-state index is 13.8. The number of nitrogens with one attached hydrogen (secondary N) is 1. The van der Waals surface area contributed by atoms with Gasteiger partial charge in [0.05, 0.1) is 10.6 Å². The average Bonchev–Trinajstić information content (AvgIpc) is 2.86. The number of sulfonamides is 1. The monoisotopic (exact) mass is 575 g/mol. The van der Waals surface area contributed by atoms with Crippen molar-refractivity contribution in [2.75, 3.05) is 10.8 Å². The molecule has 0 spiro atoms. The Labute approximate surface area is 234 Å². The zero-order valence-electron chi connectivity index (χ0n) is 21.7. The van der Waals surface area contributed by atoms with Gasteiger partial charge in [0.25, 0.3) is 10.0 Å². The Morgan fingerprint density at radius 1 is 0.868 bits per heavy atom. The topological polar surface area (TPSA) is 86.8 Å². The second kappa shape index (κ2) is 12.2. The summed E-state index contributed by atoms with van der Waals surface area (Å²) in [5, 5.41) is 3.86. The van der Waals surface area contributed by atoms with Crippen LogP contribution < -0.4 is 9.62 Å². The fourth-order valence-corrected chi connectivity index (χ4v) is 5.39. The highest BCUT2D eigenvalue weighted by Gasteiger charge is 2.33. The number of rotatable bonds is 9. The van der Waals surface area contributed by atoms with Crippen LogP contribution in [0.1, 0.15) is 33.3 Å². The van der Waals surface area contributed by atoms with Crippen LogP contribution in [0.2, 0.25) is 10.0 Å². The molecule has 3 aromatic carbocycles. The average molecular weight is 577 g/mol. The highest BCUT2D eigenvalue weighted by Crippen LogP contribution is 2.26. The summed E-state index contributed by atoms with van der Waals surface area (Å²) in [5.41, 5.74) is 0.485. The number of hydrogen-bond donors (Lipinski definition) is 1. The lowest BCUT2D eigenvalue weighted by molar-refractivity contribution is -0.140. The summed E-state index contributed by atoms with van der Waals surface area (Å²) in [4.78, 5) is 28.3. The number of halogens is 2. The molecule has 0 heterocycles. The molecule has 0 fully saturated rings. The van der Waals surface area contributed by atoms with E-state index in [0.717, 1.165) is 9.87 Å². The molecule has 3 rings (SSSR count). The third-order valence-electron chi connectivity index (χ3n) is 5.66. The van der Waals surface area contributed by atoms with Gasteiger partial charge in [0.2, 0.25) is 11.8 Å². The molecule has 0 saturated heterocycles. The number of anilines is 1. The van der Waals surface area contributed by atoms with E-state index in [9.17, 15) is 18.0 Å². The Balaban J connectivity index is 2.01. The first-order valence-corrected chi connectivity index (χ1v) is 14.2. The second-order valence-electron chi connectivity index (χ2n) is 9.86. The summed E-state index contributed by atoms with van der Waals surface area (Å²) in [6.45, 7) is 6.70. The maximum atomic E-state index is 13.8. The molecule has 202 valence electrons. The summed E-state index contributed by atoms with van der Waals surface area (Å²) in [5.74, 6) is -0.908. The van der Waals surface area contributed by atoms with Crippen LogP contribution in [0, 0.1) is 0 Å². The number of carbonyl (C=O) groups excluding carboxylic acids is 2. The molecule has 1 N–H and O–H groups in total. The maximum Gasteiger partial charge on any atom is 0.264 e. The van der Waals surface area contributed by atoms with Gasteiger partial charge in [-0.2, -0.15) is 0 Å². The van der Waals surface area contributed by atoms with Crippen LogP contribution in [0.25, 0.3) is 0 Å². The van der Waals surface area contributed by atoms with Crippen molar-refractivity contribution in [3.8, 4) is 0 Å². The predicted molar refractivity (Wildman–Crippen MR) is 152 cm³/mol. The van der Waals surface area contributed by atoms with E-state index in [0.29, 0.717) is 10.0 Å². The van der Waals surface area contributed by atoms with Gasteiger partial charge in [0.1, 0.15) is 12.6 Å². The third kappa shape index (κ3) is 7.72. The molecule has 1 atom stereocenters. The van der Waals surface area contributed by atoms with Crippen LogP contribution in [-0.2, 0) is 26.2 Å². The second-order valence-corrected chi connectivity index (χ2v) is 12.6. The quantitative estimate of drug-likeness (QED) is 0.364. The van der Waals surface area contributed by atoms with Gasteiger partial charge in [-0.25, -0.2) is 8.42 Å². The van der Waals surface area contributed by atoms with E-state index in [2.05, 4.69) is 5.32 Å². The van der Waals surface area contributed by atoms with Crippen molar-refractivity contribution in [1.29, 1.82) is 0 Å². The molecule has 0 aliphatic rings. The number of hydrogen-bond acceptors (Lipinski definition) is 4. The van der Waals surface area contributed by atoms with Gasteiger partial charge in [-0.3, -0.25) is 13.9 Å². The van der Waals surface area contributed by atoms with Crippen LogP contribution >= 0.6 is 23.2 Å². The van der Waals surface area contributed by atoms with Crippen LogP contribution in [0.3, 0.4) is 0 Å². The molecule has 0 bridgehead atoms. The molecule has 0 radical (unpaired) electrons.